The lowest BCUT2D eigenvalue weighted by Crippen LogP contribution is -2.14. The molecule has 1 unspecified atom stereocenters. The molecule has 0 aliphatic carbocycles. The Morgan fingerprint density at radius 3 is 2.33 bits per heavy atom. The Bertz CT molecular complexity index is 265. The van der Waals surface area contributed by atoms with Crippen molar-refractivity contribution >= 4 is 22.6 Å². The molecule has 0 aromatic carbocycles. The number of rotatable bonds is 2. The van der Waals surface area contributed by atoms with E-state index in [1.165, 1.54) is 5.69 Å². The van der Waals surface area contributed by atoms with Crippen LogP contribution in [0.4, 0.5) is 0 Å². The fraction of sp³-hybridized carbons (Fsp3) is 0.667. The van der Waals surface area contributed by atoms with Gasteiger partial charge in [-0.15, -0.1) is 0 Å². The van der Waals surface area contributed by atoms with E-state index >= 15 is 0 Å². The molecule has 0 saturated carbocycles. The molecule has 0 aliphatic rings. The van der Waals surface area contributed by atoms with Crippen molar-refractivity contribution in [1.29, 1.82) is 0 Å². The number of halogens is 1. The Morgan fingerprint density at radius 2 is 2.00 bits per heavy atom. The summed E-state index contributed by atoms with van der Waals surface area (Å²) in [6.07, 6.45) is 0. The summed E-state index contributed by atoms with van der Waals surface area (Å²) >= 11 is 2.25. The molecule has 0 N–H and O–H groups in total. The topological polar surface area (TPSA) is 17.8 Å². The van der Waals surface area contributed by atoms with Crippen LogP contribution in [0.15, 0.2) is 6.07 Å². The van der Waals surface area contributed by atoms with Crippen molar-refractivity contribution in [3.63, 3.8) is 0 Å². The van der Waals surface area contributed by atoms with Crippen LogP contribution in [0.2, 0.25) is 0 Å². The van der Waals surface area contributed by atoms with Crippen molar-refractivity contribution in [2.75, 3.05) is 0 Å². The molecule has 0 amide bonds. The van der Waals surface area contributed by atoms with Gasteiger partial charge in [-0.3, -0.25) is 4.68 Å². The zero-order chi connectivity index (χ0) is 9.30. The first-order chi connectivity index (χ1) is 5.52. The average Bonchev–Trinajstić information content (AvgIpc) is 2.28. The summed E-state index contributed by atoms with van der Waals surface area (Å²) in [5.41, 5.74) is 1.25. The number of nitrogens with zero attached hydrogens (tertiary/aromatic N) is 2. The Labute approximate surface area is 87.5 Å². The van der Waals surface area contributed by atoms with Gasteiger partial charge in [-0.2, -0.15) is 5.10 Å². The number of aromatic nitrogens is 2. The molecular formula is C9H15IN2. The van der Waals surface area contributed by atoms with Crippen LogP contribution in [0.1, 0.15) is 32.5 Å². The lowest BCUT2D eigenvalue weighted by atomic mass is 10.1. The predicted octanol–water partition coefficient (Wildman–Crippen LogP) is 3.01. The van der Waals surface area contributed by atoms with Crippen molar-refractivity contribution in [3.8, 4) is 0 Å². The van der Waals surface area contributed by atoms with E-state index in [4.69, 9.17) is 0 Å². The molecule has 0 saturated heterocycles. The summed E-state index contributed by atoms with van der Waals surface area (Å²) in [6.45, 7) is 8.76. The molecule has 1 rings (SSSR count). The van der Waals surface area contributed by atoms with Crippen molar-refractivity contribution in [2.24, 2.45) is 5.92 Å². The molecule has 1 heterocycles. The molecule has 1 aromatic rings. The molecule has 0 fully saturated rings. The molecule has 1 aromatic heterocycles. The second-order valence-corrected chi connectivity index (χ2v) is 4.64. The van der Waals surface area contributed by atoms with Gasteiger partial charge in [-0.25, -0.2) is 0 Å². The van der Waals surface area contributed by atoms with Crippen molar-refractivity contribution in [2.45, 2.75) is 33.7 Å². The van der Waals surface area contributed by atoms with Crippen LogP contribution < -0.4 is 0 Å². The van der Waals surface area contributed by atoms with Crippen molar-refractivity contribution < 1.29 is 0 Å². The standard InChI is InChI=1S/C9H15IN2/c1-6(2)8(4)12-7(3)5-9(10)11-12/h5-6,8H,1-4H3. The van der Waals surface area contributed by atoms with Gasteiger partial charge in [-0.1, -0.05) is 13.8 Å². The summed E-state index contributed by atoms with van der Waals surface area (Å²) in [5.74, 6) is 0.638. The highest BCUT2D eigenvalue weighted by molar-refractivity contribution is 14.1. The minimum Gasteiger partial charge on any atom is -0.266 e. The molecule has 3 heteroatoms. The fourth-order valence-electron chi connectivity index (χ4n) is 1.14. The third-order valence-electron chi connectivity index (χ3n) is 2.24. The van der Waals surface area contributed by atoms with Crippen LogP contribution in [-0.4, -0.2) is 9.78 Å². The predicted molar refractivity (Wildman–Crippen MR) is 59.2 cm³/mol. The van der Waals surface area contributed by atoms with E-state index in [2.05, 4.69) is 66.1 Å². The van der Waals surface area contributed by atoms with E-state index in [0.717, 1.165) is 3.70 Å². The van der Waals surface area contributed by atoms with Gasteiger partial charge in [0.25, 0.3) is 0 Å². The molecular weight excluding hydrogens is 263 g/mol. The maximum absolute atomic E-state index is 4.43. The first-order valence-corrected chi connectivity index (χ1v) is 5.32. The Hall–Kier alpha value is -0.0600. The Morgan fingerprint density at radius 1 is 1.42 bits per heavy atom. The molecule has 0 aliphatic heterocycles. The third-order valence-corrected chi connectivity index (χ3v) is 2.77. The Balaban J connectivity index is 2.94. The zero-order valence-electron chi connectivity index (χ0n) is 8.00. The van der Waals surface area contributed by atoms with E-state index in [-0.39, 0.29) is 0 Å². The maximum atomic E-state index is 4.43. The maximum Gasteiger partial charge on any atom is 0.123 e. The second kappa shape index (κ2) is 3.77. The van der Waals surface area contributed by atoms with E-state index in [0.29, 0.717) is 12.0 Å². The number of aryl methyl sites for hydroxylation is 1. The highest BCUT2D eigenvalue weighted by atomic mass is 127. The highest BCUT2D eigenvalue weighted by Gasteiger charge is 2.12. The van der Waals surface area contributed by atoms with Crippen LogP contribution >= 0.6 is 22.6 Å². The highest BCUT2D eigenvalue weighted by Crippen LogP contribution is 2.19. The molecule has 0 bridgehead atoms. The van der Waals surface area contributed by atoms with Gasteiger partial charge in [-0.05, 0) is 48.4 Å². The molecule has 68 valence electrons. The first-order valence-electron chi connectivity index (χ1n) is 4.24. The lowest BCUT2D eigenvalue weighted by Gasteiger charge is -2.17. The van der Waals surface area contributed by atoms with Gasteiger partial charge in [0.05, 0.1) is 6.04 Å². The summed E-state index contributed by atoms with van der Waals surface area (Å²) < 4.78 is 3.18. The first kappa shape index (κ1) is 10.0. The average molecular weight is 278 g/mol. The quantitative estimate of drug-likeness (QED) is 0.760. The van der Waals surface area contributed by atoms with Gasteiger partial charge < -0.3 is 0 Å². The fourth-order valence-corrected chi connectivity index (χ4v) is 1.83. The Kier molecular flexibility index (Phi) is 3.15. The molecule has 2 nitrogen and oxygen atoms in total. The second-order valence-electron chi connectivity index (χ2n) is 3.54. The van der Waals surface area contributed by atoms with Crippen LogP contribution in [0.3, 0.4) is 0 Å². The summed E-state index contributed by atoms with van der Waals surface area (Å²) in [7, 11) is 0. The van der Waals surface area contributed by atoms with Gasteiger partial charge in [0, 0.05) is 5.69 Å². The minimum absolute atomic E-state index is 0.494. The normalized spacial score (nSPS) is 13.8. The van der Waals surface area contributed by atoms with E-state index in [1.807, 2.05) is 0 Å². The lowest BCUT2D eigenvalue weighted by molar-refractivity contribution is 0.368. The van der Waals surface area contributed by atoms with Gasteiger partial charge in [0.1, 0.15) is 3.70 Å². The summed E-state index contributed by atoms with van der Waals surface area (Å²) in [4.78, 5) is 0. The molecule has 12 heavy (non-hydrogen) atoms. The minimum atomic E-state index is 0.494. The number of hydrogen-bond acceptors (Lipinski definition) is 1. The van der Waals surface area contributed by atoms with E-state index < -0.39 is 0 Å². The zero-order valence-corrected chi connectivity index (χ0v) is 10.2. The van der Waals surface area contributed by atoms with Gasteiger partial charge in [0.2, 0.25) is 0 Å². The summed E-state index contributed by atoms with van der Waals surface area (Å²) in [5, 5.41) is 4.43. The van der Waals surface area contributed by atoms with Crippen LogP contribution in [0.5, 0.6) is 0 Å². The molecule has 1 atom stereocenters. The SMILES string of the molecule is Cc1cc(I)nn1C(C)C(C)C. The van der Waals surface area contributed by atoms with Crippen LogP contribution in [0, 0.1) is 16.5 Å². The van der Waals surface area contributed by atoms with E-state index in [9.17, 15) is 0 Å². The monoisotopic (exact) mass is 278 g/mol. The summed E-state index contributed by atoms with van der Waals surface area (Å²) in [6, 6.07) is 2.60. The smallest absolute Gasteiger partial charge is 0.123 e. The van der Waals surface area contributed by atoms with Crippen molar-refractivity contribution in [3.05, 3.63) is 15.5 Å². The number of hydrogen-bond donors (Lipinski definition) is 0. The van der Waals surface area contributed by atoms with Crippen LogP contribution in [0.25, 0.3) is 0 Å². The van der Waals surface area contributed by atoms with Crippen molar-refractivity contribution in [1.82, 2.24) is 9.78 Å². The van der Waals surface area contributed by atoms with E-state index in [1.54, 1.807) is 0 Å². The molecule has 0 radical (unpaired) electrons. The van der Waals surface area contributed by atoms with Crippen LogP contribution in [-0.2, 0) is 0 Å². The third kappa shape index (κ3) is 2.00. The largest absolute Gasteiger partial charge is 0.266 e. The molecule has 0 spiro atoms. The van der Waals surface area contributed by atoms with Gasteiger partial charge >= 0.3 is 0 Å². The van der Waals surface area contributed by atoms with Gasteiger partial charge in [0.15, 0.2) is 0 Å².